The van der Waals surface area contributed by atoms with Crippen LogP contribution < -0.4 is 0 Å². The summed E-state index contributed by atoms with van der Waals surface area (Å²) < 4.78 is 10.3. The fraction of sp³-hybridized carbons (Fsp3) is 0.641. The van der Waals surface area contributed by atoms with E-state index >= 15 is 0 Å². The van der Waals surface area contributed by atoms with Gasteiger partial charge in [-0.25, -0.2) is 0 Å². The molecule has 0 spiro atoms. The zero-order valence-electron chi connectivity index (χ0n) is 28.1. The number of unbranched alkanes of at least 4 members (excludes halogenated alkanes) is 11. The highest BCUT2D eigenvalue weighted by molar-refractivity contribution is 5.69. The van der Waals surface area contributed by atoms with E-state index in [-0.39, 0.29) is 25.2 Å². The van der Waals surface area contributed by atoms with Gasteiger partial charge in [-0.2, -0.15) is 0 Å². The molecule has 5 nitrogen and oxygen atoms in total. The van der Waals surface area contributed by atoms with E-state index < -0.39 is 6.10 Å². The normalized spacial score (nSPS) is 13.1. The Labute approximate surface area is 270 Å². The fourth-order valence-electron chi connectivity index (χ4n) is 4.40. The summed E-state index contributed by atoms with van der Waals surface area (Å²) in [7, 11) is 0. The number of esters is 2. The Hall–Kier alpha value is -2.66. The zero-order valence-corrected chi connectivity index (χ0v) is 28.1. The maximum Gasteiger partial charge on any atom is 0.305 e. The summed E-state index contributed by atoms with van der Waals surface area (Å²) in [4.78, 5) is 23.8. The number of carbonyl (C=O) groups excluding carboxylic acids is 2. The molecule has 1 atom stereocenters. The van der Waals surface area contributed by atoms with Crippen LogP contribution in [0.3, 0.4) is 0 Å². The van der Waals surface area contributed by atoms with Crippen LogP contribution in [-0.2, 0) is 19.1 Å². The van der Waals surface area contributed by atoms with Crippen molar-refractivity contribution >= 4 is 11.9 Å². The van der Waals surface area contributed by atoms with Crippen LogP contribution in [0, 0.1) is 0 Å². The van der Waals surface area contributed by atoms with E-state index in [2.05, 4.69) is 79.8 Å². The Morgan fingerprint density at radius 1 is 0.523 bits per heavy atom. The van der Waals surface area contributed by atoms with E-state index in [0.29, 0.717) is 12.8 Å². The van der Waals surface area contributed by atoms with Gasteiger partial charge in [0.25, 0.3) is 0 Å². The van der Waals surface area contributed by atoms with Crippen molar-refractivity contribution in [2.75, 3.05) is 13.2 Å². The first-order valence-corrected chi connectivity index (χ1v) is 17.5. The number of hydrogen-bond acceptors (Lipinski definition) is 5. The van der Waals surface area contributed by atoms with Crippen LogP contribution in [-0.4, -0.2) is 36.4 Å². The third-order valence-electron chi connectivity index (χ3n) is 7.02. The second kappa shape index (κ2) is 34.8. The lowest BCUT2D eigenvalue weighted by Crippen LogP contribution is -2.25. The Morgan fingerprint density at radius 3 is 1.32 bits per heavy atom. The average Bonchev–Trinajstić information content (AvgIpc) is 3.02. The summed E-state index contributed by atoms with van der Waals surface area (Å²) in [6.07, 6.45) is 45.3. The van der Waals surface area contributed by atoms with Gasteiger partial charge in [-0.05, 0) is 77.6 Å². The first kappa shape index (κ1) is 41.3. The first-order chi connectivity index (χ1) is 21.6. The Balaban J connectivity index is 3.52. The van der Waals surface area contributed by atoms with Crippen molar-refractivity contribution in [3.8, 4) is 0 Å². The number of rotatable bonds is 30. The lowest BCUT2D eigenvalue weighted by Gasteiger charge is -2.12. The molecule has 0 saturated heterocycles. The predicted octanol–water partition coefficient (Wildman–Crippen LogP) is 10.6. The number of allylic oxidation sites excluding steroid dienone is 12. The van der Waals surface area contributed by atoms with E-state index in [4.69, 9.17) is 9.47 Å². The molecule has 1 N–H and O–H groups in total. The summed E-state index contributed by atoms with van der Waals surface area (Å²) in [6.45, 7) is 3.92. The van der Waals surface area contributed by atoms with Crippen LogP contribution in [0.4, 0.5) is 0 Å². The van der Waals surface area contributed by atoms with Gasteiger partial charge in [0.05, 0.1) is 0 Å². The molecule has 250 valence electrons. The summed E-state index contributed by atoms with van der Waals surface area (Å²) in [5.41, 5.74) is 0. The minimum Gasteiger partial charge on any atom is -0.463 e. The van der Waals surface area contributed by atoms with E-state index in [1.807, 2.05) is 6.92 Å². The number of aliphatic hydroxyl groups excluding tert-OH is 1. The van der Waals surface area contributed by atoms with Gasteiger partial charge < -0.3 is 14.6 Å². The second-order valence-corrected chi connectivity index (χ2v) is 11.3. The zero-order chi connectivity index (χ0) is 32.2. The number of hydrogen-bond donors (Lipinski definition) is 1. The Kier molecular flexibility index (Phi) is 32.7. The van der Waals surface area contributed by atoms with E-state index in [0.717, 1.165) is 89.9 Å². The highest BCUT2D eigenvalue weighted by atomic mass is 16.6. The van der Waals surface area contributed by atoms with Gasteiger partial charge in [0.2, 0.25) is 0 Å². The molecular weight excluding hydrogens is 548 g/mol. The van der Waals surface area contributed by atoms with Crippen LogP contribution in [0.2, 0.25) is 0 Å². The van der Waals surface area contributed by atoms with E-state index in [1.165, 1.54) is 25.7 Å². The molecule has 44 heavy (non-hydrogen) atoms. The molecule has 0 aliphatic heterocycles. The van der Waals surface area contributed by atoms with Gasteiger partial charge in [-0.1, -0.05) is 125 Å². The molecule has 0 rings (SSSR count). The lowest BCUT2D eigenvalue weighted by molar-refractivity contribution is -0.152. The third-order valence-corrected chi connectivity index (χ3v) is 7.02. The molecule has 0 bridgehead atoms. The molecule has 0 heterocycles. The Morgan fingerprint density at radius 2 is 0.886 bits per heavy atom. The van der Waals surface area contributed by atoms with Gasteiger partial charge in [0.15, 0.2) is 0 Å². The van der Waals surface area contributed by atoms with Crippen LogP contribution in [0.15, 0.2) is 72.9 Å². The van der Waals surface area contributed by atoms with Gasteiger partial charge >= 0.3 is 11.9 Å². The van der Waals surface area contributed by atoms with Gasteiger partial charge in [-0.15, -0.1) is 0 Å². The minimum atomic E-state index is -0.979. The molecule has 0 aromatic rings. The first-order valence-electron chi connectivity index (χ1n) is 17.5. The maximum absolute atomic E-state index is 11.9. The van der Waals surface area contributed by atoms with Gasteiger partial charge in [0, 0.05) is 12.8 Å². The quantitative estimate of drug-likeness (QED) is 0.0496. The third kappa shape index (κ3) is 33.8. The number of aliphatic hydroxyl groups is 1. The largest absolute Gasteiger partial charge is 0.463 e. The van der Waals surface area contributed by atoms with E-state index in [1.54, 1.807) is 0 Å². The molecule has 0 aromatic carbocycles. The predicted molar refractivity (Wildman–Crippen MR) is 186 cm³/mol. The van der Waals surface area contributed by atoms with Crippen molar-refractivity contribution in [2.24, 2.45) is 0 Å². The molecule has 0 radical (unpaired) electrons. The summed E-state index contributed by atoms with van der Waals surface area (Å²) >= 11 is 0. The topological polar surface area (TPSA) is 72.8 Å². The molecule has 0 fully saturated rings. The molecule has 0 aliphatic carbocycles. The molecule has 0 saturated carbocycles. The fourth-order valence-corrected chi connectivity index (χ4v) is 4.40. The molecular formula is C39H64O5. The molecule has 0 aromatic heterocycles. The molecule has 0 amide bonds. The number of ether oxygens (including phenoxy) is 2. The van der Waals surface area contributed by atoms with Crippen LogP contribution in [0.25, 0.3) is 0 Å². The van der Waals surface area contributed by atoms with Gasteiger partial charge in [0.1, 0.15) is 19.3 Å². The van der Waals surface area contributed by atoms with Crippen molar-refractivity contribution in [2.45, 2.75) is 148 Å². The van der Waals surface area contributed by atoms with Crippen LogP contribution >= 0.6 is 0 Å². The van der Waals surface area contributed by atoms with Crippen molar-refractivity contribution in [3.05, 3.63) is 72.9 Å². The van der Waals surface area contributed by atoms with E-state index in [9.17, 15) is 14.7 Å². The average molecular weight is 613 g/mol. The summed E-state index contributed by atoms with van der Waals surface area (Å²) in [6, 6.07) is 0. The highest BCUT2D eigenvalue weighted by Crippen LogP contribution is 2.11. The summed E-state index contributed by atoms with van der Waals surface area (Å²) in [5.74, 6) is -0.608. The van der Waals surface area contributed by atoms with Gasteiger partial charge in [-0.3, -0.25) is 9.59 Å². The summed E-state index contributed by atoms with van der Waals surface area (Å²) in [5, 5.41) is 9.98. The van der Waals surface area contributed by atoms with Crippen LogP contribution in [0.5, 0.6) is 0 Å². The van der Waals surface area contributed by atoms with Crippen LogP contribution in [0.1, 0.15) is 142 Å². The second-order valence-electron chi connectivity index (χ2n) is 11.3. The molecule has 0 unspecified atom stereocenters. The lowest BCUT2D eigenvalue weighted by atomic mass is 10.1. The van der Waals surface area contributed by atoms with Crippen molar-refractivity contribution < 1.29 is 24.2 Å². The highest BCUT2D eigenvalue weighted by Gasteiger charge is 2.12. The SMILES string of the molecule is C/C=C/C/C=C\C/C=C\CCCCCCCC(=O)OC[C@H](O)COC(=O)CCCCCCCC/C=C\C/C=C\C/C=C\CC. The monoisotopic (exact) mass is 612 g/mol. The van der Waals surface area contributed by atoms with Crippen molar-refractivity contribution in [1.29, 1.82) is 0 Å². The van der Waals surface area contributed by atoms with Crippen molar-refractivity contribution in [1.82, 2.24) is 0 Å². The minimum absolute atomic E-state index is 0.133. The molecule has 5 heteroatoms. The standard InChI is InChI=1S/C39H64O5/c1-3-5-7-9-11-13-15-17-19-20-22-24-26-28-30-32-34-39(42)44-36-37(40)35-43-38(41)33-31-29-27-25-23-21-18-16-14-12-10-8-6-4-2/h4-7,10-13,16-19,37,40H,3,8-9,14-15,20-36H2,1-2H3/b6-4+,7-5-,12-10-,13-11-,18-16-,19-17-/t37-/m0/s1. The molecule has 0 aliphatic rings. The van der Waals surface area contributed by atoms with Crippen molar-refractivity contribution in [3.63, 3.8) is 0 Å². The smallest absolute Gasteiger partial charge is 0.305 e. The number of carbonyl (C=O) groups is 2. The Bertz CT molecular complexity index is 833. The maximum atomic E-state index is 11.9.